The molecule has 1 heteroatoms. The first-order valence-corrected chi connectivity index (χ1v) is 5.74. The summed E-state index contributed by atoms with van der Waals surface area (Å²) in [6.45, 7) is 8.53. The normalized spacial score (nSPS) is 26.4. The first kappa shape index (κ1) is 12.2. The number of allylic oxidation sites excluding steroid dienone is 4. The Morgan fingerprint density at radius 1 is 1.33 bits per heavy atom. The van der Waals surface area contributed by atoms with Crippen LogP contribution in [0.2, 0.25) is 0 Å². The van der Waals surface area contributed by atoms with Gasteiger partial charge in [-0.25, -0.2) is 0 Å². The molecule has 0 aliphatic heterocycles. The van der Waals surface area contributed by atoms with E-state index >= 15 is 0 Å². The third kappa shape index (κ3) is 3.05. The molecule has 0 aromatic rings. The van der Waals surface area contributed by atoms with Gasteiger partial charge < -0.3 is 4.79 Å². The molecule has 0 heterocycles. The first-order valence-electron chi connectivity index (χ1n) is 5.74. The van der Waals surface area contributed by atoms with Crippen molar-refractivity contribution in [1.29, 1.82) is 0 Å². The molecule has 0 saturated heterocycles. The van der Waals surface area contributed by atoms with Crippen molar-refractivity contribution < 1.29 is 4.79 Å². The zero-order chi connectivity index (χ0) is 11.5. The third-order valence-electron chi connectivity index (χ3n) is 3.51. The van der Waals surface area contributed by atoms with Crippen LogP contribution in [0.4, 0.5) is 0 Å². The standard InChI is InChI=1S/C14H22O/c1-11(2)5-7-14(10-15)8-6-12(3)13(4)9-14/h5,10H,6-9H2,1-4H3/t14-/m0/s1. The topological polar surface area (TPSA) is 17.1 Å². The average Bonchev–Trinajstić information content (AvgIpc) is 2.20. The monoisotopic (exact) mass is 206 g/mol. The maximum Gasteiger partial charge on any atom is 0.126 e. The maximum absolute atomic E-state index is 11.3. The first-order chi connectivity index (χ1) is 6.99. The molecule has 0 radical (unpaired) electrons. The van der Waals surface area contributed by atoms with E-state index in [1.807, 2.05) is 0 Å². The van der Waals surface area contributed by atoms with Crippen LogP contribution in [0.5, 0.6) is 0 Å². The van der Waals surface area contributed by atoms with Crippen molar-refractivity contribution >= 4 is 6.29 Å². The second-order valence-corrected chi connectivity index (χ2v) is 5.20. The summed E-state index contributed by atoms with van der Waals surface area (Å²) in [7, 11) is 0. The van der Waals surface area contributed by atoms with Crippen molar-refractivity contribution in [2.24, 2.45) is 5.41 Å². The molecule has 0 aromatic carbocycles. The highest BCUT2D eigenvalue weighted by Gasteiger charge is 2.32. The number of carbonyl (C=O) groups is 1. The lowest BCUT2D eigenvalue weighted by Gasteiger charge is -2.32. The van der Waals surface area contributed by atoms with Crippen molar-refractivity contribution in [2.75, 3.05) is 0 Å². The molecule has 0 unspecified atom stereocenters. The van der Waals surface area contributed by atoms with E-state index < -0.39 is 0 Å². The lowest BCUT2D eigenvalue weighted by Crippen LogP contribution is -2.26. The van der Waals surface area contributed by atoms with Gasteiger partial charge in [-0.15, -0.1) is 0 Å². The predicted octanol–water partition coefficient (Wildman–Crippen LogP) is 4.05. The van der Waals surface area contributed by atoms with E-state index in [9.17, 15) is 4.79 Å². The highest BCUT2D eigenvalue weighted by Crippen LogP contribution is 2.40. The second-order valence-electron chi connectivity index (χ2n) is 5.20. The van der Waals surface area contributed by atoms with E-state index in [-0.39, 0.29) is 5.41 Å². The van der Waals surface area contributed by atoms with Crippen molar-refractivity contribution in [3.63, 3.8) is 0 Å². The molecule has 1 nitrogen and oxygen atoms in total. The average molecular weight is 206 g/mol. The summed E-state index contributed by atoms with van der Waals surface area (Å²) < 4.78 is 0. The van der Waals surface area contributed by atoms with Gasteiger partial charge in [0.15, 0.2) is 0 Å². The Bertz CT molecular complexity index is 305. The predicted molar refractivity (Wildman–Crippen MR) is 64.8 cm³/mol. The Labute approximate surface area is 93.3 Å². The Hall–Kier alpha value is -0.850. The molecule has 0 saturated carbocycles. The van der Waals surface area contributed by atoms with E-state index in [1.54, 1.807) is 0 Å². The molecule has 1 aliphatic rings. The second kappa shape index (κ2) is 4.78. The molecular formula is C14H22O. The fourth-order valence-corrected chi connectivity index (χ4v) is 2.15. The molecule has 15 heavy (non-hydrogen) atoms. The molecule has 1 aliphatic carbocycles. The number of hydrogen-bond donors (Lipinski definition) is 0. The molecule has 0 spiro atoms. The van der Waals surface area contributed by atoms with Crippen LogP contribution in [0.25, 0.3) is 0 Å². The van der Waals surface area contributed by atoms with E-state index in [2.05, 4.69) is 33.8 Å². The largest absolute Gasteiger partial charge is 0.303 e. The van der Waals surface area contributed by atoms with E-state index in [4.69, 9.17) is 0 Å². The van der Waals surface area contributed by atoms with Gasteiger partial charge in [-0.1, -0.05) is 22.8 Å². The number of aldehydes is 1. The summed E-state index contributed by atoms with van der Waals surface area (Å²) >= 11 is 0. The fourth-order valence-electron chi connectivity index (χ4n) is 2.15. The van der Waals surface area contributed by atoms with Gasteiger partial charge >= 0.3 is 0 Å². The Morgan fingerprint density at radius 3 is 2.47 bits per heavy atom. The van der Waals surface area contributed by atoms with Crippen LogP contribution in [-0.2, 0) is 4.79 Å². The van der Waals surface area contributed by atoms with Crippen LogP contribution >= 0.6 is 0 Å². The lowest BCUT2D eigenvalue weighted by molar-refractivity contribution is -0.116. The van der Waals surface area contributed by atoms with E-state index in [0.29, 0.717) is 0 Å². The molecule has 0 amide bonds. The zero-order valence-corrected chi connectivity index (χ0v) is 10.4. The number of hydrogen-bond acceptors (Lipinski definition) is 1. The van der Waals surface area contributed by atoms with Gasteiger partial charge in [0.1, 0.15) is 6.29 Å². The number of rotatable bonds is 3. The summed E-state index contributed by atoms with van der Waals surface area (Å²) in [6, 6.07) is 0. The van der Waals surface area contributed by atoms with Gasteiger partial charge in [0.25, 0.3) is 0 Å². The van der Waals surface area contributed by atoms with Crippen LogP contribution in [0.15, 0.2) is 22.8 Å². The summed E-state index contributed by atoms with van der Waals surface area (Å²) in [4.78, 5) is 11.3. The molecule has 1 rings (SSSR count). The minimum atomic E-state index is -0.110. The summed E-state index contributed by atoms with van der Waals surface area (Å²) in [5, 5.41) is 0. The van der Waals surface area contributed by atoms with Crippen LogP contribution < -0.4 is 0 Å². The minimum absolute atomic E-state index is 0.110. The minimum Gasteiger partial charge on any atom is -0.303 e. The molecule has 84 valence electrons. The third-order valence-corrected chi connectivity index (χ3v) is 3.51. The summed E-state index contributed by atoms with van der Waals surface area (Å²) in [6.07, 6.45) is 7.34. The highest BCUT2D eigenvalue weighted by atomic mass is 16.1. The summed E-state index contributed by atoms with van der Waals surface area (Å²) in [5.74, 6) is 0. The maximum atomic E-state index is 11.3. The van der Waals surface area contributed by atoms with Crippen molar-refractivity contribution in [1.82, 2.24) is 0 Å². The van der Waals surface area contributed by atoms with Crippen molar-refractivity contribution in [3.8, 4) is 0 Å². The SMILES string of the molecule is CC(C)=CC[C@]1(C=O)CCC(C)=C(C)C1. The highest BCUT2D eigenvalue weighted by molar-refractivity contribution is 5.61. The fraction of sp³-hybridized carbons (Fsp3) is 0.643. The van der Waals surface area contributed by atoms with Gasteiger partial charge in [0.05, 0.1) is 0 Å². The van der Waals surface area contributed by atoms with Crippen LogP contribution in [0.1, 0.15) is 53.4 Å². The van der Waals surface area contributed by atoms with Gasteiger partial charge in [-0.3, -0.25) is 0 Å². The molecular weight excluding hydrogens is 184 g/mol. The Morgan fingerprint density at radius 2 is 2.00 bits per heavy atom. The van der Waals surface area contributed by atoms with Gasteiger partial charge in [-0.2, -0.15) is 0 Å². The van der Waals surface area contributed by atoms with Crippen LogP contribution in [0.3, 0.4) is 0 Å². The molecule has 0 N–H and O–H groups in total. The van der Waals surface area contributed by atoms with Gasteiger partial charge in [-0.05, 0) is 53.4 Å². The quantitative estimate of drug-likeness (QED) is 0.503. The smallest absolute Gasteiger partial charge is 0.126 e. The molecule has 0 bridgehead atoms. The summed E-state index contributed by atoms with van der Waals surface area (Å²) in [5.41, 5.74) is 4.08. The van der Waals surface area contributed by atoms with Crippen LogP contribution in [0, 0.1) is 5.41 Å². The van der Waals surface area contributed by atoms with Crippen molar-refractivity contribution in [2.45, 2.75) is 53.4 Å². The van der Waals surface area contributed by atoms with Gasteiger partial charge in [0, 0.05) is 5.41 Å². The van der Waals surface area contributed by atoms with Crippen LogP contribution in [-0.4, -0.2) is 6.29 Å². The van der Waals surface area contributed by atoms with E-state index in [1.165, 1.54) is 23.0 Å². The Kier molecular flexibility index (Phi) is 3.90. The number of carbonyl (C=O) groups excluding carboxylic acids is 1. The van der Waals surface area contributed by atoms with Gasteiger partial charge in [0.2, 0.25) is 0 Å². The molecule has 0 aromatic heterocycles. The zero-order valence-electron chi connectivity index (χ0n) is 10.4. The van der Waals surface area contributed by atoms with E-state index in [0.717, 1.165) is 25.7 Å². The molecule has 1 atom stereocenters. The Balaban J connectivity index is 2.80. The molecule has 0 fully saturated rings. The van der Waals surface area contributed by atoms with Crippen molar-refractivity contribution in [3.05, 3.63) is 22.8 Å². The lowest BCUT2D eigenvalue weighted by atomic mass is 9.71.